The molecule has 0 saturated heterocycles. The first-order valence-corrected chi connectivity index (χ1v) is 6.90. The maximum absolute atomic E-state index is 11.4. The van der Waals surface area contributed by atoms with Crippen LogP contribution in [0.1, 0.15) is 24.5 Å². The molecule has 7 heteroatoms. The number of amides is 1. The van der Waals surface area contributed by atoms with Gasteiger partial charge < -0.3 is 20.3 Å². The zero-order chi connectivity index (χ0) is 15.8. The first kappa shape index (κ1) is 17.4. The number of aliphatic hydroxyl groups excluding tert-OH is 2. The summed E-state index contributed by atoms with van der Waals surface area (Å²) in [6, 6.07) is 6.30. The molecule has 2 atom stereocenters. The molecule has 2 unspecified atom stereocenters. The van der Waals surface area contributed by atoms with E-state index in [2.05, 4.69) is 10.1 Å². The molecular formula is C14H18ClNO5. The van der Waals surface area contributed by atoms with E-state index in [1.165, 1.54) is 7.11 Å². The highest BCUT2D eigenvalue weighted by Crippen LogP contribution is 2.21. The fourth-order valence-electron chi connectivity index (χ4n) is 1.66. The number of ether oxygens (including phenoxy) is 1. The molecule has 1 rings (SSSR count). The van der Waals surface area contributed by atoms with Crippen LogP contribution in [0.15, 0.2) is 24.3 Å². The van der Waals surface area contributed by atoms with Crippen LogP contribution in [0.4, 0.5) is 5.69 Å². The van der Waals surface area contributed by atoms with Crippen molar-refractivity contribution in [2.24, 2.45) is 0 Å². The second kappa shape index (κ2) is 8.61. The number of rotatable bonds is 7. The molecule has 0 heterocycles. The Morgan fingerprint density at radius 3 is 2.43 bits per heavy atom. The number of carbonyl (C=O) groups is 2. The van der Waals surface area contributed by atoms with E-state index in [0.717, 1.165) is 0 Å². The molecule has 1 amide bonds. The maximum atomic E-state index is 11.4. The molecule has 3 N–H and O–H groups in total. The molecule has 0 aliphatic carbocycles. The number of nitrogens with one attached hydrogen (secondary N) is 1. The Bertz CT molecular complexity index is 477. The summed E-state index contributed by atoms with van der Waals surface area (Å²) in [6.45, 7) is 0. The van der Waals surface area contributed by atoms with Gasteiger partial charge in [0.15, 0.2) is 0 Å². The molecule has 0 aliphatic rings. The molecule has 21 heavy (non-hydrogen) atoms. The number of esters is 1. The Morgan fingerprint density at radius 1 is 1.29 bits per heavy atom. The summed E-state index contributed by atoms with van der Waals surface area (Å²) in [4.78, 5) is 22.4. The van der Waals surface area contributed by atoms with Gasteiger partial charge in [-0.3, -0.25) is 9.59 Å². The van der Waals surface area contributed by atoms with Gasteiger partial charge in [0.2, 0.25) is 5.91 Å². The predicted octanol–water partition coefficient (Wildman–Crippen LogP) is 1.21. The lowest BCUT2D eigenvalue weighted by molar-refractivity contribution is -0.144. The lowest BCUT2D eigenvalue weighted by Crippen LogP contribution is -2.22. The third kappa shape index (κ3) is 5.71. The molecule has 116 valence electrons. The summed E-state index contributed by atoms with van der Waals surface area (Å²) in [7, 11) is 1.21. The van der Waals surface area contributed by atoms with Crippen molar-refractivity contribution in [2.45, 2.75) is 25.0 Å². The Labute approximate surface area is 127 Å². The second-order valence-electron chi connectivity index (χ2n) is 4.40. The van der Waals surface area contributed by atoms with Gasteiger partial charge in [-0.2, -0.15) is 0 Å². The molecule has 0 radical (unpaired) electrons. The van der Waals surface area contributed by atoms with Crippen molar-refractivity contribution in [3.05, 3.63) is 29.8 Å². The summed E-state index contributed by atoms with van der Waals surface area (Å²) >= 11 is 5.46. The first-order chi connectivity index (χ1) is 9.97. The Balaban J connectivity index is 2.64. The quantitative estimate of drug-likeness (QED) is 0.519. The summed E-state index contributed by atoms with van der Waals surface area (Å²) in [5.74, 6) is -0.571. The van der Waals surface area contributed by atoms with E-state index in [1.54, 1.807) is 24.3 Å². The second-order valence-corrected chi connectivity index (χ2v) is 4.78. The summed E-state index contributed by atoms with van der Waals surface area (Å²) < 4.78 is 4.42. The van der Waals surface area contributed by atoms with Gasteiger partial charge in [0.05, 0.1) is 19.6 Å². The van der Waals surface area contributed by atoms with Gasteiger partial charge in [0, 0.05) is 18.0 Å². The third-order valence-corrected chi connectivity index (χ3v) is 3.01. The van der Waals surface area contributed by atoms with Crippen molar-refractivity contribution < 1.29 is 24.5 Å². The van der Waals surface area contributed by atoms with Crippen LogP contribution in [0.2, 0.25) is 0 Å². The van der Waals surface area contributed by atoms with Crippen molar-refractivity contribution in [3.8, 4) is 0 Å². The van der Waals surface area contributed by atoms with Gasteiger partial charge >= 0.3 is 5.97 Å². The minimum absolute atomic E-state index is 0.205. The fraction of sp³-hybridized carbons (Fsp3) is 0.429. The van der Waals surface area contributed by atoms with Crippen LogP contribution in [0, 0.1) is 0 Å². The van der Waals surface area contributed by atoms with Gasteiger partial charge in [-0.15, -0.1) is 11.6 Å². The van der Waals surface area contributed by atoms with Gasteiger partial charge in [0.1, 0.15) is 6.10 Å². The molecule has 0 spiro atoms. The molecule has 1 aromatic rings. The van der Waals surface area contributed by atoms with Crippen LogP contribution in [-0.4, -0.2) is 41.2 Å². The zero-order valence-corrected chi connectivity index (χ0v) is 12.3. The average Bonchev–Trinajstić information content (AvgIpc) is 2.47. The van der Waals surface area contributed by atoms with Crippen molar-refractivity contribution in [1.82, 2.24) is 0 Å². The lowest BCUT2D eigenvalue weighted by Gasteiger charge is -2.17. The topological polar surface area (TPSA) is 95.9 Å². The number of halogens is 1. The van der Waals surface area contributed by atoms with Crippen LogP contribution in [0.25, 0.3) is 0 Å². The van der Waals surface area contributed by atoms with Crippen molar-refractivity contribution in [1.29, 1.82) is 0 Å². The molecule has 0 aromatic heterocycles. The number of aliphatic hydroxyl groups is 2. The lowest BCUT2D eigenvalue weighted by atomic mass is 10.0. The molecule has 0 bridgehead atoms. The van der Waals surface area contributed by atoms with Crippen LogP contribution < -0.4 is 5.32 Å². The molecular weight excluding hydrogens is 298 g/mol. The maximum Gasteiger partial charge on any atom is 0.308 e. The van der Waals surface area contributed by atoms with Gasteiger partial charge in [-0.25, -0.2) is 0 Å². The highest BCUT2D eigenvalue weighted by Gasteiger charge is 2.21. The molecule has 6 nitrogen and oxygen atoms in total. The predicted molar refractivity (Wildman–Crippen MR) is 78.0 cm³/mol. The van der Waals surface area contributed by atoms with Gasteiger partial charge in [0.25, 0.3) is 0 Å². The van der Waals surface area contributed by atoms with Crippen molar-refractivity contribution in [3.63, 3.8) is 0 Å². The molecule has 1 aromatic carbocycles. The fourth-order valence-corrected chi connectivity index (χ4v) is 1.83. The molecule has 0 fully saturated rings. The first-order valence-electron chi connectivity index (χ1n) is 6.36. The van der Waals surface area contributed by atoms with E-state index in [4.69, 9.17) is 11.6 Å². The van der Waals surface area contributed by atoms with Gasteiger partial charge in [-0.1, -0.05) is 12.1 Å². The number of hydrogen-bond acceptors (Lipinski definition) is 5. The van der Waals surface area contributed by atoms with Crippen molar-refractivity contribution >= 4 is 29.2 Å². The Hall–Kier alpha value is -1.63. The number of anilines is 1. The van der Waals surface area contributed by atoms with E-state index in [0.29, 0.717) is 11.3 Å². The van der Waals surface area contributed by atoms with Gasteiger partial charge in [-0.05, 0) is 17.7 Å². The molecule has 0 aliphatic heterocycles. The van der Waals surface area contributed by atoms with E-state index in [9.17, 15) is 19.8 Å². The summed E-state index contributed by atoms with van der Waals surface area (Å²) in [5.41, 5.74) is 0.991. The van der Waals surface area contributed by atoms with E-state index < -0.39 is 18.2 Å². The third-order valence-electron chi connectivity index (χ3n) is 2.83. The SMILES string of the molecule is COC(=O)CC(O)C(O)c1ccc(NC(=O)CCCl)cc1. The number of hydrogen-bond donors (Lipinski definition) is 3. The Morgan fingerprint density at radius 2 is 1.90 bits per heavy atom. The van der Waals surface area contributed by atoms with Crippen LogP contribution in [-0.2, 0) is 14.3 Å². The van der Waals surface area contributed by atoms with E-state index in [1.807, 2.05) is 0 Å². The number of alkyl halides is 1. The Kier molecular flexibility index (Phi) is 7.14. The number of benzene rings is 1. The minimum atomic E-state index is -1.26. The number of methoxy groups -OCH3 is 1. The average molecular weight is 316 g/mol. The largest absolute Gasteiger partial charge is 0.469 e. The summed E-state index contributed by atoms with van der Waals surface area (Å²) in [6.07, 6.45) is -2.55. The molecule has 0 saturated carbocycles. The monoisotopic (exact) mass is 315 g/mol. The van der Waals surface area contributed by atoms with Crippen LogP contribution >= 0.6 is 11.6 Å². The number of carbonyl (C=O) groups excluding carboxylic acids is 2. The normalized spacial score (nSPS) is 13.3. The van der Waals surface area contributed by atoms with Crippen LogP contribution in [0.5, 0.6) is 0 Å². The van der Waals surface area contributed by atoms with E-state index in [-0.39, 0.29) is 24.6 Å². The summed E-state index contributed by atoms with van der Waals surface area (Å²) in [5, 5.41) is 22.3. The smallest absolute Gasteiger partial charge is 0.308 e. The van der Waals surface area contributed by atoms with Crippen LogP contribution in [0.3, 0.4) is 0 Å². The van der Waals surface area contributed by atoms with Crippen molar-refractivity contribution in [2.75, 3.05) is 18.3 Å². The standard InChI is InChI=1S/C14H18ClNO5/c1-21-13(19)8-11(17)14(20)9-2-4-10(5-3-9)16-12(18)6-7-15/h2-5,11,14,17,20H,6-8H2,1H3,(H,16,18). The zero-order valence-electron chi connectivity index (χ0n) is 11.6. The highest BCUT2D eigenvalue weighted by molar-refractivity contribution is 6.19. The van der Waals surface area contributed by atoms with E-state index >= 15 is 0 Å². The minimum Gasteiger partial charge on any atom is -0.469 e. The highest BCUT2D eigenvalue weighted by atomic mass is 35.5.